The van der Waals surface area contributed by atoms with Gasteiger partial charge in [-0.1, -0.05) is 32.0 Å². The summed E-state index contributed by atoms with van der Waals surface area (Å²) in [5.41, 5.74) is 1.72. The van der Waals surface area contributed by atoms with Crippen molar-refractivity contribution < 1.29 is 8.42 Å². The maximum atomic E-state index is 11.9. The molecule has 0 unspecified atom stereocenters. The van der Waals surface area contributed by atoms with Crippen LogP contribution >= 0.6 is 0 Å². The molecular weight excluding hydrogens is 224 g/mol. The lowest BCUT2D eigenvalue weighted by Crippen LogP contribution is -2.41. The normalized spacial score (nSPS) is 19.2. The molecule has 0 amide bonds. The highest BCUT2D eigenvalue weighted by molar-refractivity contribution is 7.90. The van der Waals surface area contributed by atoms with Crippen LogP contribution in [-0.2, 0) is 16.8 Å². The molecule has 0 fully saturated rings. The second kappa shape index (κ2) is 4.07. The minimum Gasteiger partial charge on any atom is -0.271 e. The van der Waals surface area contributed by atoms with Gasteiger partial charge in [-0.3, -0.25) is 4.72 Å². The van der Waals surface area contributed by atoms with Gasteiger partial charge in [-0.15, -0.1) is 0 Å². The smallest absolute Gasteiger partial charge is 0.271 e. The highest BCUT2D eigenvalue weighted by Crippen LogP contribution is 2.26. The summed E-state index contributed by atoms with van der Waals surface area (Å²) in [5.74, 6) is 0.321. The maximum Gasteiger partial charge on any atom is 0.301 e. The molecule has 1 aromatic rings. The molecule has 0 saturated carbocycles. The van der Waals surface area contributed by atoms with Crippen LogP contribution < -0.4 is 4.72 Å². The zero-order chi connectivity index (χ0) is 11.8. The number of fused-ring (bicyclic) bond motifs is 1. The summed E-state index contributed by atoms with van der Waals surface area (Å²) < 4.78 is 27.9. The van der Waals surface area contributed by atoms with Gasteiger partial charge < -0.3 is 0 Å². The van der Waals surface area contributed by atoms with Crippen LogP contribution in [0.4, 0.5) is 5.69 Å². The largest absolute Gasteiger partial charge is 0.301 e. The van der Waals surface area contributed by atoms with Crippen LogP contribution in [0.5, 0.6) is 0 Å². The number of benzene rings is 1. The quantitative estimate of drug-likeness (QED) is 0.857. The molecule has 16 heavy (non-hydrogen) atoms. The van der Waals surface area contributed by atoms with E-state index >= 15 is 0 Å². The second-order valence-corrected chi connectivity index (χ2v) is 6.12. The van der Waals surface area contributed by atoms with Gasteiger partial charge in [-0.25, -0.2) is 0 Å². The summed E-state index contributed by atoms with van der Waals surface area (Å²) in [4.78, 5) is 0. The lowest BCUT2D eigenvalue weighted by molar-refractivity contribution is 0.361. The second-order valence-electron chi connectivity index (χ2n) is 4.45. The number of rotatable bonds is 2. The number of anilines is 1. The molecule has 1 heterocycles. The monoisotopic (exact) mass is 240 g/mol. The Morgan fingerprint density at radius 1 is 1.38 bits per heavy atom. The third kappa shape index (κ3) is 2.20. The van der Waals surface area contributed by atoms with Crippen LogP contribution in [-0.4, -0.2) is 19.3 Å². The molecule has 0 spiro atoms. The molecule has 2 rings (SSSR count). The van der Waals surface area contributed by atoms with E-state index in [2.05, 4.69) is 4.72 Å². The van der Waals surface area contributed by atoms with Gasteiger partial charge in [0.05, 0.1) is 5.69 Å². The Morgan fingerprint density at radius 2 is 2.06 bits per heavy atom. The summed E-state index contributed by atoms with van der Waals surface area (Å²) in [7, 11) is -3.35. The molecule has 1 aliphatic heterocycles. The van der Waals surface area contributed by atoms with Crippen molar-refractivity contribution in [2.24, 2.45) is 5.92 Å². The first-order valence-electron chi connectivity index (χ1n) is 5.35. The van der Waals surface area contributed by atoms with Crippen LogP contribution in [0.25, 0.3) is 0 Å². The van der Waals surface area contributed by atoms with Gasteiger partial charge in [0, 0.05) is 13.1 Å². The Balaban J connectivity index is 2.32. The van der Waals surface area contributed by atoms with Crippen molar-refractivity contribution in [3.8, 4) is 0 Å². The van der Waals surface area contributed by atoms with Gasteiger partial charge >= 0.3 is 10.2 Å². The van der Waals surface area contributed by atoms with Gasteiger partial charge in [0.2, 0.25) is 0 Å². The summed E-state index contributed by atoms with van der Waals surface area (Å²) in [5, 5.41) is 0. The molecule has 1 aliphatic rings. The van der Waals surface area contributed by atoms with E-state index in [1.165, 1.54) is 4.31 Å². The fraction of sp³-hybridized carbons (Fsp3) is 0.455. The molecule has 0 bridgehead atoms. The Hall–Kier alpha value is -1.07. The third-order valence-electron chi connectivity index (χ3n) is 2.51. The van der Waals surface area contributed by atoms with Crippen molar-refractivity contribution in [2.75, 3.05) is 11.3 Å². The number of nitrogens with zero attached hydrogens (tertiary/aromatic N) is 1. The Bertz CT molecular complexity index is 483. The average molecular weight is 240 g/mol. The van der Waals surface area contributed by atoms with Crippen LogP contribution in [0.15, 0.2) is 24.3 Å². The third-order valence-corrected chi connectivity index (χ3v) is 3.95. The maximum absolute atomic E-state index is 11.9. The molecule has 0 aromatic heterocycles. The molecule has 1 aromatic carbocycles. The standard InChI is InChI=1S/C11H16N2O2S/c1-9(2)7-13-8-10-5-3-4-6-11(10)12-16(13,14)15/h3-6,9,12H,7-8H2,1-2H3. The van der Waals surface area contributed by atoms with Crippen LogP contribution in [0, 0.1) is 5.92 Å². The van der Waals surface area contributed by atoms with Crippen LogP contribution in [0.1, 0.15) is 19.4 Å². The fourth-order valence-electron chi connectivity index (χ4n) is 1.81. The first-order chi connectivity index (χ1) is 7.49. The molecule has 5 heteroatoms. The van der Waals surface area contributed by atoms with E-state index in [1.807, 2.05) is 32.0 Å². The molecular formula is C11H16N2O2S. The van der Waals surface area contributed by atoms with Gasteiger partial charge in [0.15, 0.2) is 0 Å². The SMILES string of the molecule is CC(C)CN1Cc2ccccc2NS1(=O)=O. The Labute approximate surface area is 96.5 Å². The molecule has 0 radical (unpaired) electrons. The van der Waals surface area contributed by atoms with E-state index in [1.54, 1.807) is 6.07 Å². The topological polar surface area (TPSA) is 49.4 Å². The van der Waals surface area contributed by atoms with E-state index in [0.717, 1.165) is 5.56 Å². The van der Waals surface area contributed by atoms with Gasteiger partial charge in [0.25, 0.3) is 0 Å². The fourth-order valence-corrected chi connectivity index (χ4v) is 3.22. The number of para-hydroxylation sites is 1. The van der Waals surface area contributed by atoms with Crippen molar-refractivity contribution in [3.63, 3.8) is 0 Å². The van der Waals surface area contributed by atoms with E-state index in [4.69, 9.17) is 0 Å². The zero-order valence-corrected chi connectivity index (χ0v) is 10.3. The Morgan fingerprint density at radius 3 is 2.75 bits per heavy atom. The molecule has 0 saturated heterocycles. The van der Waals surface area contributed by atoms with E-state index < -0.39 is 10.2 Å². The van der Waals surface area contributed by atoms with Crippen molar-refractivity contribution >= 4 is 15.9 Å². The molecule has 4 nitrogen and oxygen atoms in total. The van der Waals surface area contributed by atoms with Gasteiger partial charge in [-0.05, 0) is 17.5 Å². The summed E-state index contributed by atoms with van der Waals surface area (Å²) in [6, 6.07) is 7.50. The van der Waals surface area contributed by atoms with Crippen molar-refractivity contribution in [3.05, 3.63) is 29.8 Å². The molecule has 1 N–H and O–H groups in total. The van der Waals surface area contributed by atoms with Crippen molar-refractivity contribution in [1.82, 2.24) is 4.31 Å². The van der Waals surface area contributed by atoms with Crippen molar-refractivity contribution in [1.29, 1.82) is 0 Å². The minimum absolute atomic E-state index is 0.321. The summed E-state index contributed by atoms with van der Waals surface area (Å²) >= 11 is 0. The predicted molar refractivity (Wildman–Crippen MR) is 64.2 cm³/mol. The lowest BCUT2D eigenvalue weighted by atomic mass is 10.1. The van der Waals surface area contributed by atoms with E-state index in [0.29, 0.717) is 24.7 Å². The number of nitrogens with one attached hydrogen (secondary N) is 1. The highest BCUT2D eigenvalue weighted by Gasteiger charge is 2.28. The zero-order valence-electron chi connectivity index (χ0n) is 9.47. The first-order valence-corrected chi connectivity index (χ1v) is 6.79. The molecule has 88 valence electrons. The number of hydrogen-bond donors (Lipinski definition) is 1. The Kier molecular flexibility index (Phi) is 2.90. The molecule has 0 atom stereocenters. The van der Waals surface area contributed by atoms with E-state index in [-0.39, 0.29) is 0 Å². The van der Waals surface area contributed by atoms with Gasteiger partial charge in [-0.2, -0.15) is 12.7 Å². The minimum atomic E-state index is -3.35. The number of hydrogen-bond acceptors (Lipinski definition) is 2. The van der Waals surface area contributed by atoms with Gasteiger partial charge in [0.1, 0.15) is 0 Å². The first kappa shape index (κ1) is 11.4. The summed E-state index contributed by atoms with van der Waals surface area (Å²) in [6.07, 6.45) is 0. The van der Waals surface area contributed by atoms with E-state index in [9.17, 15) is 8.42 Å². The highest BCUT2D eigenvalue weighted by atomic mass is 32.2. The van der Waals surface area contributed by atoms with Crippen LogP contribution in [0.3, 0.4) is 0 Å². The average Bonchev–Trinajstić information content (AvgIpc) is 2.17. The predicted octanol–water partition coefficient (Wildman–Crippen LogP) is 1.81. The summed E-state index contributed by atoms with van der Waals surface area (Å²) in [6.45, 7) is 5.03. The van der Waals surface area contributed by atoms with Crippen molar-refractivity contribution in [2.45, 2.75) is 20.4 Å². The molecule has 0 aliphatic carbocycles. The lowest BCUT2D eigenvalue weighted by Gasteiger charge is -2.30. The van der Waals surface area contributed by atoms with Crippen LogP contribution in [0.2, 0.25) is 0 Å².